The fourth-order valence-electron chi connectivity index (χ4n) is 3.07. The zero-order valence-corrected chi connectivity index (χ0v) is 14.2. The average Bonchev–Trinajstić information content (AvgIpc) is 3.13. The van der Waals surface area contributed by atoms with Crippen LogP contribution in [0.3, 0.4) is 0 Å². The van der Waals surface area contributed by atoms with Gasteiger partial charge in [0, 0.05) is 5.56 Å². The molecule has 4 rings (SSSR count). The standard InChI is InChI=1S/C20H17FN2O3/c1-13-11-25-18-6-5-15(14-3-2-4-17(21)8-14)7-16(18)10-23(13)20(24)19-9-22-12-26-19/h2-9,12-13H,10-11H2,1H3/t13-/m0/s1. The number of amides is 1. The van der Waals surface area contributed by atoms with E-state index in [4.69, 9.17) is 9.15 Å². The molecule has 0 spiro atoms. The lowest BCUT2D eigenvalue weighted by Crippen LogP contribution is -2.39. The molecule has 1 aromatic heterocycles. The van der Waals surface area contributed by atoms with Crippen molar-refractivity contribution in [2.24, 2.45) is 0 Å². The van der Waals surface area contributed by atoms with E-state index < -0.39 is 0 Å². The molecule has 1 amide bonds. The number of carbonyl (C=O) groups is 1. The Labute approximate surface area is 150 Å². The van der Waals surface area contributed by atoms with Crippen LogP contribution in [0.25, 0.3) is 11.1 Å². The van der Waals surface area contributed by atoms with Crippen molar-refractivity contribution in [3.05, 3.63) is 72.2 Å². The smallest absolute Gasteiger partial charge is 0.291 e. The average molecular weight is 352 g/mol. The summed E-state index contributed by atoms with van der Waals surface area (Å²) < 4.78 is 24.5. The van der Waals surface area contributed by atoms with Crippen LogP contribution in [0.2, 0.25) is 0 Å². The maximum Gasteiger partial charge on any atom is 0.291 e. The molecular formula is C20H17FN2O3. The molecule has 2 heterocycles. The van der Waals surface area contributed by atoms with Crippen molar-refractivity contribution >= 4 is 5.91 Å². The fourth-order valence-corrected chi connectivity index (χ4v) is 3.07. The van der Waals surface area contributed by atoms with Gasteiger partial charge in [0.2, 0.25) is 5.76 Å². The van der Waals surface area contributed by atoms with Gasteiger partial charge in [-0.25, -0.2) is 9.37 Å². The van der Waals surface area contributed by atoms with E-state index in [1.54, 1.807) is 11.0 Å². The maximum atomic E-state index is 13.5. The number of carbonyl (C=O) groups excluding carboxylic acids is 1. The minimum atomic E-state index is -0.288. The molecule has 0 fully saturated rings. The number of hydrogen-bond donors (Lipinski definition) is 0. The Morgan fingerprint density at radius 1 is 1.23 bits per heavy atom. The Bertz CT molecular complexity index is 940. The van der Waals surface area contributed by atoms with Crippen LogP contribution in [0.1, 0.15) is 23.0 Å². The number of benzene rings is 2. The first-order valence-corrected chi connectivity index (χ1v) is 8.33. The highest BCUT2D eigenvalue weighted by atomic mass is 19.1. The zero-order valence-electron chi connectivity index (χ0n) is 14.2. The summed E-state index contributed by atoms with van der Waals surface area (Å²) in [4.78, 5) is 18.2. The van der Waals surface area contributed by atoms with Crippen molar-refractivity contribution in [2.45, 2.75) is 19.5 Å². The SMILES string of the molecule is C[C@H]1COc2ccc(-c3cccc(F)c3)cc2CN1C(=O)c1cnco1. The number of aromatic nitrogens is 1. The third kappa shape index (κ3) is 3.06. The van der Waals surface area contributed by atoms with E-state index in [1.165, 1.54) is 24.7 Å². The minimum absolute atomic E-state index is 0.127. The first-order valence-electron chi connectivity index (χ1n) is 8.33. The van der Waals surface area contributed by atoms with E-state index in [1.807, 2.05) is 31.2 Å². The number of hydrogen-bond acceptors (Lipinski definition) is 4. The van der Waals surface area contributed by atoms with Gasteiger partial charge in [0.05, 0.1) is 18.8 Å². The molecule has 0 N–H and O–H groups in total. The second-order valence-electron chi connectivity index (χ2n) is 6.29. The maximum absolute atomic E-state index is 13.5. The molecule has 1 atom stereocenters. The molecular weight excluding hydrogens is 335 g/mol. The monoisotopic (exact) mass is 352 g/mol. The van der Waals surface area contributed by atoms with Crippen molar-refractivity contribution in [2.75, 3.05) is 6.61 Å². The number of rotatable bonds is 2. The third-order valence-electron chi connectivity index (χ3n) is 4.48. The highest BCUT2D eigenvalue weighted by molar-refractivity contribution is 5.91. The van der Waals surface area contributed by atoms with E-state index in [0.717, 1.165) is 22.4 Å². The largest absolute Gasteiger partial charge is 0.491 e. The molecule has 132 valence electrons. The highest BCUT2D eigenvalue weighted by Gasteiger charge is 2.28. The van der Waals surface area contributed by atoms with Gasteiger partial charge in [-0.3, -0.25) is 4.79 Å². The van der Waals surface area contributed by atoms with Crippen molar-refractivity contribution in [1.82, 2.24) is 9.88 Å². The Morgan fingerprint density at radius 3 is 2.85 bits per heavy atom. The lowest BCUT2D eigenvalue weighted by Gasteiger charge is -2.25. The lowest BCUT2D eigenvalue weighted by atomic mass is 10.0. The van der Waals surface area contributed by atoms with E-state index in [2.05, 4.69) is 4.98 Å². The lowest BCUT2D eigenvalue weighted by molar-refractivity contribution is 0.0613. The van der Waals surface area contributed by atoms with Gasteiger partial charge in [-0.1, -0.05) is 18.2 Å². The first kappa shape index (κ1) is 16.3. The molecule has 1 aliphatic rings. The van der Waals surface area contributed by atoms with Crippen LogP contribution in [-0.2, 0) is 6.54 Å². The van der Waals surface area contributed by atoms with Gasteiger partial charge < -0.3 is 14.1 Å². The zero-order chi connectivity index (χ0) is 18.1. The summed E-state index contributed by atoms with van der Waals surface area (Å²) in [5.41, 5.74) is 2.51. The fraction of sp³-hybridized carbons (Fsp3) is 0.200. The molecule has 0 bridgehead atoms. The predicted molar refractivity (Wildman–Crippen MR) is 93.2 cm³/mol. The number of nitrogens with zero attached hydrogens (tertiary/aromatic N) is 2. The van der Waals surface area contributed by atoms with Gasteiger partial charge in [0.15, 0.2) is 6.39 Å². The molecule has 0 aliphatic carbocycles. The second kappa shape index (κ2) is 6.63. The van der Waals surface area contributed by atoms with Crippen LogP contribution in [-0.4, -0.2) is 28.4 Å². The summed E-state index contributed by atoms with van der Waals surface area (Å²) in [6, 6.07) is 12.0. The quantitative estimate of drug-likeness (QED) is 0.702. The number of fused-ring (bicyclic) bond motifs is 1. The Hall–Kier alpha value is -3.15. The van der Waals surface area contributed by atoms with Crippen LogP contribution in [0.4, 0.5) is 4.39 Å². The van der Waals surface area contributed by atoms with Crippen LogP contribution >= 0.6 is 0 Å². The molecule has 1 aliphatic heterocycles. The summed E-state index contributed by atoms with van der Waals surface area (Å²) in [5.74, 6) is 0.401. The molecule has 0 radical (unpaired) electrons. The molecule has 0 saturated carbocycles. The van der Waals surface area contributed by atoms with Crippen molar-refractivity contribution in [3.8, 4) is 16.9 Å². The van der Waals surface area contributed by atoms with Crippen LogP contribution < -0.4 is 4.74 Å². The Kier molecular flexibility index (Phi) is 4.16. The van der Waals surface area contributed by atoms with Gasteiger partial charge >= 0.3 is 0 Å². The van der Waals surface area contributed by atoms with E-state index in [-0.39, 0.29) is 23.5 Å². The third-order valence-corrected chi connectivity index (χ3v) is 4.48. The molecule has 0 saturated heterocycles. The van der Waals surface area contributed by atoms with Gasteiger partial charge in [0.25, 0.3) is 5.91 Å². The molecule has 26 heavy (non-hydrogen) atoms. The van der Waals surface area contributed by atoms with Gasteiger partial charge in [-0.05, 0) is 42.3 Å². The number of halogens is 1. The van der Waals surface area contributed by atoms with Crippen LogP contribution in [0.5, 0.6) is 5.75 Å². The van der Waals surface area contributed by atoms with E-state index in [9.17, 15) is 9.18 Å². The topological polar surface area (TPSA) is 55.6 Å². The van der Waals surface area contributed by atoms with Crippen LogP contribution in [0.15, 0.2) is 59.5 Å². The van der Waals surface area contributed by atoms with E-state index >= 15 is 0 Å². The van der Waals surface area contributed by atoms with Crippen molar-refractivity contribution in [1.29, 1.82) is 0 Å². The minimum Gasteiger partial charge on any atom is -0.491 e. The van der Waals surface area contributed by atoms with Gasteiger partial charge in [0.1, 0.15) is 18.2 Å². The van der Waals surface area contributed by atoms with E-state index in [0.29, 0.717) is 13.2 Å². The summed E-state index contributed by atoms with van der Waals surface area (Å²) in [6.07, 6.45) is 2.65. The number of oxazole rings is 1. The summed E-state index contributed by atoms with van der Waals surface area (Å²) in [7, 11) is 0. The first-order chi connectivity index (χ1) is 12.6. The Morgan fingerprint density at radius 2 is 2.08 bits per heavy atom. The summed E-state index contributed by atoms with van der Waals surface area (Å²) in [5, 5.41) is 0. The van der Waals surface area contributed by atoms with Crippen LogP contribution in [0, 0.1) is 5.82 Å². The summed E-state index contributed by atoms with van der Waals surface area (Å²) >= 11 is 0. The molecule has 0 unspecified atom stereocenters. The van der Waals surface area contributed by atoms with Gasteiger partial charge in [-0.15, -0.1) is 0 Å². The highest BCUT2D eigenvalue weighted by Crippen LogP contribution is 2.31. The molecule has 6 heteroatoms. The normalized spacial score (nSPS) is 16.5. The number of ether oxygens (including phenoxy) is 1. The predicted octanol–water partition coefficient (Wildman–Crippen LogP) is 3.90. The molecule has 2 aromatic carbocycles. The summed E-state index contributed by atoms with van der Waals surface area (Å²) in [6.45, 7) is 2.68. The second-order valence-corrected chi connectivity index (χ2v) is 6.29. The Balaban J connectivity index is 1.69. The molecule has 3 aromatic rings. The van der Waals surface area contributed by atoms with Crippen molar-refractivity contribution < 1.29 is 18.3 Å². The van der Waals surface area contributed by atoms with Gasteiger partial charge in [-0.2, -0.15) is 0 Å². The van der Waals surface area contributed by atoms with Crippen molar-refractivity contribution in [3.63, 3.8) is 0 Å². The molecule has 5 nitrogen and oxygen atoms in total.